The van der Waals surface area contributed by atoms with Crippen LogP contribution in [0.5, 0.6) is 34.5 Å². The number of halogens is 4. The Morgan fingerprint density at radius 2 is 0.925 bits per heavy atom. The molecule has 0 radical (unpaired) electrons. The maximum Gasteiger partial charge on any atom is 0.311 e. The van der Waals surface area contributed by atoms with Crippen LogP contribution in [-0.2, 0) is 0 Å². The van der Waals surface area contributed by atoms with Gasteiger partial charge in [-0.1, -0.05) is 46.4 Å². The Bertz CT molecular complexity index is 1440. The van der Waals surface area contributed by atoms with Crippen molar-refractivity contribution in [3.05, 3.63) is 113 Å². The lowest BCUT2D eigenvalue weighted by atomic mass is 10.2. The van der Waals surface area contributed by atoms with Gasteiger partial charge in [-0.2, -0.15) is 0 Å². The smallest absolute Gasteiger partial charge is 0.311 e. The normalized spacial score (nSPS) is 10.2. The molecule has 0 unspecified atom stereocenters. The molecule has 0 bridgehead atoms. The Morgan fingerprint density at radius 1 is 0.550 bits per heavy atom. The van der Waals surface area contributed by atoms with Gasteiger partial charge in [0.2, 0.25) is 11.5 Å². The molecule has 4 rings (SSSR count). The van der Waals surface area contributed by atoms with Crippen LogP contribution < -0.4 is 18.9 Å². The number of hydrogen-bond acceptors (Lipinski definition) is 8. The van der Waals surface area contributed by atoms with Gasteiger partial charge in [0.15, 0.2) is 0 Å². The van der Waals surface area contributed by atoms with Gasteiger partial charge in [-0.25, -0.2) is 0 Å². The van der Waals surface area contributed by atoms with Gasteiger partial charge in [0, 0.05) is 34.3 Å². The molecule has 14 heteroatoms. The standard InChI is InChI=1S/2C13H9Cl2NO4/c2*1-19-13-7-9(3-4-11(13)16(17)18)20-12-5-2-8(14)6-10(12)15/h2*2-7H,1H3. The quantitative estimate of drug-likeness (QED) is 0.140. The van der Waals surface area contributed by atoms with E-state index in [2.05, 4.69) is 0 Å². The largest absolute Gasteiger partial charge is 0.490 e. The van der Waals surface area contributed by atoms with Gasteiger partial charge in [0.25, 0.3) is 0 Å². The summed E-state index contributed by atoms with van der Waals surface area (Å²) in [6.07, 6.45) is 0. The molecule has 0 N–H and O–H groups in total. The predicted octanol–water partition coefficient (Wildman–Crippen LogP) is 9.40. The number of nitro groups is 2. The fourth-order valence-corrected chi connectivity index (χ4v) is 4.01. The molecule has 4 aromatic rings. The lowest BCUT2D eigenvalue weighted by Gasteiger charge is -2.09. The number of nitro benzene ring substituents is 2. The lowest BCUT2D eigenvalue weighted by molar-refractivity contribution is -0.385. The van der Waals surface area contributed by atoms with Gasteiger partial charge in [-0.05, 0) is 48.5 Å². The zero-order valence-electron chi connectivity index (χ0n) is 20.6. The highest BCUT2D eigenvalue weighted by molar-refractivity contribution is 6.36. The average Bonchev–Trinajstić information content (AvgIpc) is 2.91. The van der Waals surface area contributed by atoms with Crippen molar-refractivity contribution in [1.29, 1.82) is 0 Å². The van der Waals surface area contributed by atoms with Crippen molar-refractivity contribution in [3.63, 3.8) is 0 Å². The highest BCUT2D eigenvalue weighted by Gasteiger charge is 2.17. The molecule has 0 aromatic heterocycles. The second-order valence-corrected chi connectivity index (χ2v) is 9.22. The van der Waals surface area contributed by atoms with Crippen LogP contribution >= 0.6 is 46.4 Å². The summed E-state index contributed by atoms with van der Waals surface area (Å²) in [5.41, 5.74) is -0.274. The second-order valence-electron chi connectivity index (χ2n) is 7.54. The van der Waals surface area contributed by atoms with E-state index >= 15 is 0 Å². The monoisotopic (exact) mass is 626 g/mol. The van der Waals surface area contributed by atoms with Crippen molar-refractivity contribution in [2.45, 2.75) is 0 Å². The summed E-state index contributed by atoms with van der Waals surface area (Å²) in [4.78, 5) is 20.5. The Hall–Kier alpha value is -3.96. The number of nitrogens with zero attached hydrogens (tertiary/aromatic N) is 2. The number of benzene rings is 4. The highest BCUT2D eigenvalue weighted by Crippen LogP contribution is 2.37. The van der Waals surface area contributed by atoms with Crippen LogP contribution in [0.1, 0.15) is 0 Å². The zero-order valence-corrected chi connectivity index (χ0v) is 23.6. The molecule has 0 fully saturated rings. The molecule has 0 aliphatic heterocycles. The zero-order chi connectivity index (χ0) is 29.4. The fraction of sp³-hybridized carbons (Fsp3) is 0.0769. The molecular weight excluding hydrogens is 610 g/mol. The van der Waals surface area contributed by atoms with Crippen LogP contribution in [0.2, 0.25) is 20.1 Å². The lowest BCUT2D eigenvalue weighted by Crippen LogP contribution is -1.94. The van der Waals surface area contributed by atoms with Gasteiger partial charge in [-0.15, -0.1) is 0 Å². The number of ether oxygens (including phenoxy) is 4. The molecular formula is C26H18Cl4N2O8. The summed E-state index contributed by atoms with van der Waals surface area (Å²) < 4.78 is 21.0. The minimum absolute atomic E-state index is 0.109. The van der Waals surface area contributed by atoms with E-state index in [1.165, 1.54) is 50.6 Å². The minimum Gasteiger partial charge on any atom is -0.490 e. The van der Waals surface area contributed by atoms with E-state index in [4.69, 9.17) is 65.4 Å². The number of rotatable bonds is 8. The van der Waals surface area contributed by atoms with E-state index < -0.39 is 9.85 Å². The molecule has 0 amide bonds. The van der Waals surface area contributed by atoms with Gasteiger partial charge >= 0.3 is 11.4 Å². The van der Waals surface area contributed by atoms with Crippen LogP contribution in [-0.4, -0.2) is 24.1 Å². The first-order chi connectivity index (χ1) is 19.0. The summed E-state index contributed by atoms with van der Waals surface area (Å²) in [6, 6.07) is 17.9. The van der Waals surface area contributed by atoms with Crippen molar-refractivity contribution in [1.82, 2.24) is 0 Å². The Morgan fingerprint density at radius 3 is 1.23 bits per heavy atom. The predicted molar refractivity (Wildman–Crippen MR) is 152 cm³/mol. The minimum atomic E-state index is -0.530. The highest BCUT2D eigenvalue weighted by atomic mass is 35.5. The van der Waals surface area contributed by atoms with Gasteiger partial charge < -0.3 is 18.9 Å². The molecule has 0 heterocycles. The van der Waals surface area contributed by atoms with Crippen molar-refractivity contribution < 1.29 is 28.8 Å². The van der Waals surface area contributed by atoms with E-state index in [1.807, 2.05) is 0 Å². The third-order valence-electron chi connectivity index (χ3n) is 4.94. The van der Waals surface area contributed by atoms with Crippen molar-refractivity contribution in [2.75, 3.05) is 14.2 Å². The van der Waals surface area contributed by atoms with E-state index in [-0.39, 0.29) is 22.9 Å². The molecule has 0 saturated carbocycles. The Balaban J connectivity index is 0.000000220. The third kappa shape index (κ3) is 8.03. The van der Waals surface area contributed by atoms with Gasteiger partial charge in [0.05, 0.1) is 34.1 Å². The van der Waals surface area contributed by atoms with Gasteiger partial charge in [0.1, 0.15) is 23.0 Å². The first kappa shape index (κ1) is 30.6. The van der Waals surface area contributed by atoms with Gasteiger partial charge in [-0.3, -0.25) is 20.2 Å². The van der Waals surface area contributed by atoms with Crippen LogP contribution in [0.15, 0.2) is 72.8 Å². The van der Waals surface area contributed by atoms with E-state index in [0.29, 0.717) is 43.1 Å². The van der Waals surface area contributed by atoms with Crippen molar-refractivity contribution >= 4 is 57.8 Å². The van der Waals surface area contributed by atoms with E-state index in [9.17, 15) is 20.2 Å². The maximum atomic E-state index is 10.8. The summed E-state index contributed by atoms with van der Waals surface area (Å²) in [5, 5.41) is 23.2. The summed E-state index contributed by atoms with van der Waals surface area (Å²) >= 11 is 23.5. The Labute approximate surface area is 247 Å². The molecule has 40 heavy (non-hydrogen) atoms. The molecule has 0 aliphatic rings. The maximum absolute atomic E-state index is 10.8. The summed E-state index contributed by atoms with van der Waals surface area (Å²) in [7, 11) is 2.70. The van der Waals surface area contributed by atoms with Crippen LogP contribution in [0, 0.1) is 20.2 Å². The summed E-state index contributed by atoms with van der Waals surface area (Å²) in [5.74, 6) is 1.75. The molecule has 0 spiro atoms. The first-order valence-corrected chi connectivity index (χ1v) is 12.4. The first-order valence-electron chi connectivity index (χ1n) is 10.9. The molecule has 0 aliphatic carbocycles. The fourth-order valence-electron chi connectivity index (χ4n) is 3.11. The van der Waals surface area contributed by atoms with Crippen LogP contribution in [0.25, 0.3) is 0 Å². The number of hydrogen-bond donors (Lipinski definition) is 0. The van der Waals surface area contributed by atoms with Crippen LogP contribution in [0.4, 0.5) is 11.4 Å². The molecule has 4 aromatic carbocycles. The molecule has 208 valence electrons. The topological polar surface area (TPSA) is 123 Å². The molecule has 10 nitrogen and oxygen atoms in total. The SMILES string of the molecule is COc1cc(Oc2ccc(Cl)cc2Cl)ccc1[N+](=O)[O-].COc1cc(Oc2ccc(Cl)cc2Cl)ccc1[N+](=O)[O-]. The second kappa shape index (κ2) is 13.9. The van der Waals surface area contributed by atoms with E-state index in [1.54, 1.807) is 36.4 Å². The molecule has 0 atom stereocenters. The third-order valence-corrected chi connectivity index (χ3v) is 6.00. The number of methoxy groups -OCH3 is 2. The average molecular weight is 628 g/mol. The molecule has 0 saturated heterocycles. The van der Waals surface area contributed by atoms with Crippen molar-refractivity contribution in [2.24, 2.45) is 0 Å². The van der Waals surface area contributed by atoms with Crippen LogP contribution in [0.3, 0.4) is 0 Å². The van der Waals surface area contributed by atoms with E-state index in [0.717, 1.165) is 0 Å². The van der Waals surface area contributed by atoms with Crippen molar-refractivity contribution in [3.8, 4) is 34.5 Å². The Kier molecular flexibility index (Phi) is 10.6. The summed E-state index contributed by atoms with van der Waals surface area (Å²) in [6.45, 7) is 0.